The standard InChI is InChI=1S/C16H19N3OS/c1-10-5-11(2)7-14(6-10)19-15(20)9-21-16-17-12(3)8-13(4)18-16/h5-8H,9H2,1-4H3,(H,19,20). The van der Waals surface area contributed by atoms with Crippen LogP contribution in [0.2, 0.25) is 0 Å². The van der Waals surface area contributed by atoms with Gasteiger partial charge in [0.15, 0.2) is 5.16 Å². The summed E-state index contributed by atoms with van der Waals surface area (Å²) in [7, 11) is 0. The lowest BCUT2D eigenvalue weighted by Gasteiger charge is -2.07. The Kier molecular flexibility index (Phi) is 4.96. The molecule has 0 unspecified atom stereocenters. The summed E-state index contributed by atoms with van der Waals surface area (Å²) in [4.78, 5) is 20.6. The van der Waals surface area contributed by atoms with Crippen LogP contribution in [0.3, 0.4) is 0 Å². The molecular weight excluding hydrogens is 282 g/mol. The van der Waals surface area contributed by atoms with E-state index in [1.54, 1.807) is 0 Å². The molecule has 4 nitrogen and oxygen atoms in total. The van der Waals surface area contributed by atoms with Gasteiger partial charge in [-0.15, -0.1) is 0 Å². The van der Waals surface area contributed by atoms with E-state index in [1.165, 1.54) is 11.8 Å². The smallest absolute Gasteiger partial charge is 0.234 e. The fourth-order valence-electron chi connectivity index (χ4n) is 2.13. The van der Waals surface area contributed by atoms with Crippen LogP contribution < -0.4 is 5.32 Å². The average Bonchev–Trinajstić information content (AvgIpc) is 2.34. The molecule has 1 amide bonds. The van der Waals surface area contributed by atoms with Gasteiger partial charge in [-0.1, -0.05) is 17.8 Å². The molecule has 1 aromatic heterocycles. The lowest BCUT2D eigenvalue weighted by atomic mass is 10.1. The Bertz CT molecular complexity index is 630. The van der Waals surface area contributed by atoms with Crippen LogP contribution in [-0.4, -0.2) is 21.6 Å². The van der Waals surface area contributed by atoms with Crippen molar-refractivity contribution in [2.45, 2.75) is 32.9 Å². The molecule has 110 valence electrons. The maximum absolute atomic E-state index is 12.0. The summed E-state index contributed by atoms with van der Waals surface area (Å²) in [6.45, 7) is 7.88. The first-order valence-electron chi connectivity index (χ1n) is 6.75. The van der Waals surface area contributed by atoms with Crippen LogP contribution in [-0.2, 0) is 4.79 Å². The predicted octanol–water partition coefficient (Wildman–Crippen LogP) is 3.44. The van der Waals surface area contributed by atoms with Gasteiger partial charge in [-0.05, 0) is 57.0 Å². The minimum absolute atomic E-state index is 0.0484. The predicted molar refractivity (Wildman–Crippen MR) is 86.8 cm³/mol. The second kappa shape index (κ2) is 6.72. The molecule has 1 heterocycles. The number of hydrogen-bond acceptors (Lipinski definition) is 4. The zero-order chi connectivity index (χ0) is 15.4. The number of carbonyl (C=O) groups excluding carboxylic acids is 1. The van der Waals surface area contributed by atoms with Crippen molar-refractivity contribution in [2.24, 2.45) is 0 Å². The summed E-state index contributed by atoms with van der Waals surface area (Å²) in [5.41, 5.74) is 4.94. The van der Waals surface area contributed by atoms with Crippen LogP contribution in [0, 0.1) is 27.7 Å². The normalized spacial score (nSPS) is 10.5. The number of carbonyl (C=O) groups is 1. The van der Waals surface area contributed by atoms with Crippen LogP contribution in [0.5, 0.6) is 0 Å². The summed E-state index contributed by atoms with van der Waals surface area (Å²) in [6.07, 6.45) is 0. The van der Waals surface area contributed by atoms with Crippen LogP contribution >= 0.6 is 11.8 Å². The van der Waals surface area contributed by atoms with Crippen LogP contribution in [0.4, 0.5) is 5.69 Å². The first-order chi connectivity index (χ1) is 9.92. The highest BCUT2D eigenvalue weighted by Gasteiger charge is 2.07. The molecule has 0 aliphatic heterocycles. The Morgan fingerprint density at radius 3 is 2.14 bits per heavy atom. The fraction of sp³-hybridized carbons (Fsp3) is 0.312. The molecule has 1 aromatic carbocycles. The summed E-state index contributed by atoms with van der Waals surface area (Å²) in [5, 5.41) is 3.55. The molecule has 0 fully saturated rings. The third-order valence-corrected chi connectivity index (χ3v) is 3.65. The second-order valence-electron chi connectivity index (χ2n) is 5.15. The van der Waals surface area contributed by atoms with E-state index >= 15 is 0 Å². The van der Waals surface area contributed by atoms with Gasteiger partial charge < -0.3 is 5.32 Å². The van der Waals surface area contributed by atoms with E-state index < -0.39 is 0 Å². The molecule has 0 aliphatic carbocycles. The van der Waals surface area contributed by atoms with Crippen molar-refractivity contribution in [3.63, 3.8) is 0 Å². The molecule has 2 aromatic rings. The quantitative estimate of drug-likeness (QED) is 0.694. The Labute approximate surface area is 129 Å². The van der Waals surface area contributed by atoms with E-state index in [9.17, 15) is 4.79 Å². The number of benzene rings is 1. The molecule has 0 saturated heterocycles. The molecule has 2 rings (SSSR count). The molecule has 0 aliphatic rings. The SMILES string of the molecule is Cc1cc(C)cc(NC(=O)CSc2nc(C)cc(C)n2)c1. The van der Waals surface area contributed by atoms with E-state index in [0.717, 1.165) is 28.2 Å². The molecule has 0 spiro atoms. The van der Waals surface area contributed by atoms with E-state index in [-0.39, 0.29) is 5.91 Å². The Hall–Kier alpha value is -1.88. The van der Waals surface area contributed by atoms with Crippen molar-refractivity contribution in [1.82, 2.24) is 9.97 Å². The molecular formula is C16H19N3OS. The lowest BCUT2D eigenvalue weighted by Crippen LogP contribution is -2.14. The van der Waals surface area contributed by atoms with Crippen LogP contribution in [0.25, 0.3) is 0 Å². The Balaban J connectivity index is 1.95. The zero-order valence-electron chi connectivity index (χ0n) is 12.7. The second-order valence-corrected chi connectivity index (χ2v) is 6.09. The highest BCUT2D eigenvalue weighted by molar-refractivity contribution is 7.99. The highest BCUT2D eigenvalue weighted by atomic mass is 32.2. The molecule has 0 atom stereocenters. The van der Waals surface area contributed by atoms with Gasteiger partial charge in [-0.2, -0.15) is 0 Å². The van der Waals surface area contributed by atoms with Crippen molar-refractivity contribution in [1.29, 1.82) is 0 Å². The number of thioether (sulfide) groups is 1. The monoisotopic (exact) mass is 301 g/mol. The minimum Gasteiger partial charge on any atom is -0.325 e. The fourth-order valence-corrected chi connectivity index (χ4v) is 2.88. The third kappa shape index (κ3) is 4.86. The van der Waals surface area contributed by atoms with Gasteiger partial charge in [0, 0.05) is 17.1 Å². The molecule has 5 heteroatoms. The van der Waals surface area contributed by atoms with Gasteiger partial charge in [0.05, 0.1) is 5.75 Å². The lowest BCUT2D eigenvalue weighted by molar-refractivity contribution is -0.113. The van der Waals surface area contributed by atoms with Gasteiger partial charge in [0.25, 0.3) is 0 Å². The average molecular weight is 301 g/mol. The molecule has 0 radical (unpaired) electrons. The third-order valence-electron chi connectivity index (χ3n) is 2.80. The molecule has 1 N–H and O–H groups in total. The number of nitrogens with zero attached hydrogens (tertiary/aromatic N) is 2. The molecule has 0 bridgehead atoms. The van der Waals surface area contributed by atoms with Crippen molar-refractivity contribution in [2.75, 3.05) is 11.1 Å². The highest BCUT2D eigenvalue weighted by Crippen LogP contribution is 2.17. The van der Waals surface area contributed by atoms with Gasteiger partial charge in [0.1, 0.15) is 0 Å². The number of amides is 1. The van der Waals surface area contributed by atoms with Crippen LogP contribution in [0.15, 0.2) is 29.4 Å². The van der Waals surface area contributed by atoms with Gasteiger partial charge in [-0.3, -0.25) is 4.79 Å². The Morgan fingerprint density at radius 2 is 1.57 bits per heavy atom. The Morgan fingerprint density at radius 1 is 1.00 bits per heavy atom. The van der Waals surface area contributed by atoms with E-state index in [0.29, 0.717) is 10.9 Å². The number of anilines is 1. The van der Waals surface area contributed by atoms with Gasteiger partial charge in [0.2, 0.25) is 5.91 Å². The van der Waals surface area contributed by atoms with Crippen molar-refractivity contribution in [3.8, 4) is 0 Å². The minimum atomic E-state index is -0.0484. The molecule has 0 saturated carbocycles. The zero-order valence-corrected chi connectivity index (χ0v) is 13.5. The topological polar surface area (TPSA) is 54.9 Å². The first kappa shape index (κ1) is 15.5. The maximum atomic E-state index is 12.0. The van der Waals surface area contributed by atoms with Gasteiger partial charge in [-0.25, -0.2) is 9.97 Å². The number of rotatable bonds is 4. The number of aryl methyl sites for hydroxylation is 4. The summed E-state index contributed by atoms with van der Waals surface area (Å²) in [5.74, 6) is 0.253. The summed E-state index contributed by atoms with van der Waals surface area (Å²) < 4.78 is 0. The van der Waals surface area contributed by atoms with Crippen LogP contribution in [0.1, 0.15) is 22.5 Å². The van der Waals surface area contributed by atoms with Crippen molar-refractivity contribution < 1.29 is 4.79 Å². The number of nitrogens with one attached hydrogen (secondary N) is 1. The molecule has 21 heavy (non-hydrogen) atoms. The number of aromatic nitrogens is 2. The van der Waals surface area contributed by atoms with Crippen molar-refractivity contribution in [3.05, 3.63) is 46.8 Å². The first-order valence-corrected chi connectivity index (χ1v) is 7.74. The van der Waals surface area contributed by atoms with E-state index in [1.807, 2.05) is 45.9 Å². The summed E-state index contributed by atoms with van der Waals surface area (Å²) >= 11 is 1.35. The van der Waals surface area contributed by atoms with Gasteiger partial charge >= 0.3 is 0 Å². The summed E-state index contributed by atoms with van der Waals surface area (Å²) in [6, 6.07) is 7.92. The largest absolute Gasteiger partial charge is 0.325 e. The van der Waals surface area contributed by atoms with E-state index in [2.05, 4.69) is 21.4 Å². The van der Waals surface area contributed by atoms with E-state index in [4.69, 9.17) is 0 Å². The van der Waals surface area contributed by atoms with Crippen molar-refractivity contribution >= 4 is 23.4 Å². The number of hydrogen-bond donors (Lipinski definition) is 1. The maximum Gasteiger partial charge on any atom is 0.234 e.